The molecule has 1 rings (SSSR count). The summed E-state index contributed by atoms with van der Waals surface area (Å²) < 4.78 is 0. The lowest BCUT2D eigenvalue weighted by Gasteiger charge is -2.19. The highest BCUT2D eigenvalue weighted by atomic mass is 32.2. The number of thioether (sulfide) groups is 1. The number of hydrogen-bond donors (Lipinski definition) is 1. The number of carbonyl (C=O) groups excluding carboxylic acids is 1. The summed E-state index contributed by atoms with van der Waals surface area (Å²) in [6.07, 6.45) is 1.01. The maximum Gasteiger partial charge on any atom is 0.369 e. The smallest absolute Gasteiger partial charge is 0.298 e. The summed E-state index contributed by atoms with van der Waals surface area (Å²) in [7, 11) is 0. The molecule has 4 nitrogen and oxygen atoms in total. The minimum absolute atomic E-state index is 0.296. The molecule has 1 atom stereocenters. The predicted molar refractivity (Wildman–Crippen MR) is 58.2 cm³/mol. The van der Waals surface area contributed by atoms with E-state index in [1.807, 2.05) is 18.7 Å². The Morgan fingerprint density at radius 3 is 2.79 bits per heavy atom. The summed E-state index contributed by atoms with van der Waals surface area (Å²) in [5.41, 5.74) is 0. The molecule has 1 N–H and O–H groups in total. The Bertz CT molecular complexity index is 166. The molecule has 0 aromatic carbocycles. The van der Waals surface area contributed by atoms with E-state index in [0.29, 0.717) is 0 Å². The Kier molecular flexibility index (Phi) is 7.93. The molecule has 1 aliphatic rings. The lowest BCUT2D eigenvalue weighted by atomic mass is 10.4. The first-order valence-corrected chi connectivity index (χ1v) is 6.05. The highest BCUT2D eigenvalue weighted by Gasteiger charge is 2.32. The predicted octanol–water partition coefficient (Wildman–Crippen LogP) is 1.81. The zero-order chi connectivity index (χ0) is 11.0. The number of rotatable bonds is 3. The fourth-order valence-corrected chi connectivity index (χ4v) is 2.45. The molecule has 1 unspecified atom stereocenters. The van der Waals surface area contributed by atoms with Crippen molar-refractivity contribution >= 4 is 17.7 Å². The SMILES string of the molecule is CC.CCCN1CCSC1C(=O)OO. The second kappa shape index (κ2) is 8.08. The second-order valence-corrected chi connectivity index (χ2v) is 3.86. The van der Waals surface area contributed by atoms with Crippen LogP contribution in [0.15, 0.2) is 0 Å². The van der Waals surface area contributed by atoms with Gasteiger partial charge in [-0.15, -0.1) is 11.8 Å². The Morgan fingerprint density at radius 2 is 2.29 bits per heavy atom. The van der Waals surface area contributed by atoms with Crippen molar-refractivity contribution in [3.63, 3.8) is 0 Å². The topological polar surface area (TPSA) is 49.8 Å². The molecule has 0 radical (unpaired) electrons. The molecule has 5 heteroatoms. The lowest BCUT2D eigenvalue weighted by molar-refractivity contribution is -0.236. The van der Waals surface area contributed by atoms with Crippen LogP contribution in [0.4, 0.5) is 0 Å². The molecule has 0 aliphatic carbocycles. The van der Waals surface area contributed by atoms with E-state index in [1.165, 1.54) is 11.8 Å². The van der Waals surface area contributed by atoms with Gasteiger partial charge in [-0.05, 0) is 13.0 Å². The summed E-state index contributed by atoms with van der Waals surface area (Å²) in [6.45, 7) is 7.84. The molecule has 0 aromatic rings. The van der Waals surface area contributed by atoms with Crippen LogP contribution in [0.3, 0.4) is 0 Å². The normalized spacial score (nSPS) is 21.3. The molecular weight excluding hydrogens is 202 g/mol. The monoisotopic (exact) mass is 221 g/mol. The summed E-state index contributed by atoms with van der Waals surface area (Å²) in [5.74, 6) is 0.380. The van der Waals surface area contributed by atoms with Crippen molar-refractivity contribution in [2.45, 2.75) is 32.6 Å². The van der Waals surface area contributed by atoms with Crippen molar-refractivity contribution in [2.24, 2.45) is 0 Å². The van der Waals surface area contributed by atoms with Crippen LogP contribution < -0.4 is 0 Å². The van der Waals surface area contributed by atoms with Gasteiger partial charge in [-0.1, -0.05) is 20.8 Å². The van der Waals surface area contributed by atoms with Crippen molar-refractivity contribution in [3.8, 4) is 0 Å². The van der Waals surface area contributed by atoms with Gasteiger partial charge in [0.05, 0.1) is 0 Å². The van der Waals surface area contributed by atoms with E-state index >= 15 is 0 Å². The van der Waals surface area contributed by atoms with Gasteiger partial charge in [0.1, 0.15) is 0 Å². The van der Waals surface area contributed by atoms with Gasteiger partial charge in [-0.2, -0.15) is 5.26 Å². The molecule has 14 heavy (non-hydrogen) atoms. The van der Waals surface area contributed by atoms with Crippen LogP contribution in [0.2, 0.25) is 0 Å². The molecule has 0 spiro atoms. The minimum Gasteiger partial charge on any atom is -0.298 e. The number of carbonyl (C=O) groups is 1. The summed E-state index contributed by atoms with van der Waals surface area (Å²) in [4.78, 5) is 16.7. The molecule has 0 amide bonds. The molecule has 0 aromatic heterocycles. The van der Waals surface area contributed by atoms with E-state index < -0.39 is 5.97 Å². The molecule has 84 valence electrons. The molecule has 1 saturated heterocycles. The van der Waals surface area contributed by atoms with Gasteiger partial charge in [0.2, 0.25) is 0 Å². The van der Waals surface area contributed by atoms with Crippen LogP contribution in [0.25, 0.3) is 0 Å². The molecular formula is C9H19NO3S. The third-order valence-corrected chi connectivity index (χ3v) is 3.01. The summed E-state index contributed by atoms with van der Waals surface area (Å²) in [5, 5.41) is 7.90. The van der Waals surface area contributed by atoms with Crippen LogP contribution in [0.5, 0.6) is 0 Å². The van der Waals surface area contributed by atoms with Crippen LogP contribution in [0.1, 0.15) is 27.2 Å². The van der Waals surface area contributed by atoms with Crippen molar-refractivity contribution in [3.05, 3.63) is 0 Å². The second-order valence-electron chi connectivity index (χ2n) is 2.67. The van der Waals surface area contributed by atoms with E-state index in [0.717, 1.165) is 25.3 Å². The summed E-state index contributed by atoms with van der Waals surface area (Å²) in [6, 6.07) is 0. The Balaban J connectivity index is 0.000000791. The van der Waals surface area contributed by atoms with Crippen LogP contribution in [-0.2, 0) is 9.68 Å². The van der Waals surface area contributed by atoms with Gasteiger partial charge >= 0.3 is 5.97 Å². The quantitative estimate of drug-likeness (QED) is 0.582. The van der Waals surface area contributed by atoms with E-state index in [9.17, 15) is 4.79 Å². The van der Waals surface area contributed by atoms with Crippen molar-refractivity contribution in [1.82, 2.24) is 4.90 Å². The van der Waals surface area contributed by atoms with E-state index in [1.54, 1.807) is 0 Å². The van der Waals surface area contributed by atoms with Gasteiger partial charge < -0.3 is 0 Å². The van der Waals surface area contributed by atoms with Crippen molar-refractivity contribution in [2.75, 3.05) is 18.8 Å². The van der Waals surface area contributed by atoms with Gasteiger partial charge in [-0.25, -0.2) is 4.79 Å². The summed E-state index contributed by atoms with van der Waals surface area (Å²) >= 11 is 1.51. The highest BCUT2D eigenvalue weighted by Crippen LogP contribution is 2.24. The standard InChI is InChI=1S/C7H13NO3S.C2H6/c1-2-3-8-4-5-12-6(8)7(9)11-10;1-2/h6,10H,2-5H2,1H3;1-2H3. The zero-order valence-corrected chi connectivity index (χ0v) is 9.84. The van der Waals surface area contributed by atoms with Gasteiger partial charge in [0, 0.05) is 12.3 Å². The minimum atomic E-state index is -0.550. The third kappa shape index (κ3) is 3.86. The highest BCUT2D eigenvalue weighted by molar-refractivity contribution is 8.00. The number of nitrogens with zero attached hydrogens (tertiary/aromatic N) is 1. The first kappa shape index (κ1) is 13.7. The average molecular weight is 221 g/mol. The number of hydrogen-bond acceptors (Lipinski definition) is 5. The van der Waals surface area contributed by atoms with Crippen LogP contribution in [0, 0.1) is 0 Å². The van der Waals surface area contributed by atoms with Crippen LogP contribution in [-0.4, -0.2) is 40.3 Å². The van der Waals surface area contributed by atoms with Crippen LogP contribution >= 0.6 is 11.8 Å². The Hall–Kier alpha value is -0.260. The molecule has 0 bridgehead atoms. The first-order valence-electron chi connectivity index (χ1n) is 5.00. The van der Waals surface area contributed by atoms with E-state index in [4.69, 9.17) is 5.26 Å². The first-order chi connectivity index (χ1) is 6.79. The average Bonchev–Trinajstić information content (AvgIpc) is 2.69. The van der Waals surface area contributed by atoms with Gasteiger partial charge in [-0.3, -0.25) is 9.79 Å². The fraction of sp³-hybridized carbons (Fsp3) is 0.889. The zero-order valence-electron chi connectivity index (χ0n) is 9.02. The maximum atomic E-state index is 11.0. The Morgan fingerprint density at radius 1 is 1.64 bits per heavy atom. The molecule has 1 heterocycles. The molecule has 0 saturated carbocycles. The van der Waals surface area contributed by atoms with E-state index in [-0.39, 0.29) is 5.37 Å². The largest absolute Gasteiger partial charge is 0.369 e. The fourth-order valence-electron chi connectivity index (χ4n) is 1.28. The Labute approximate surface area is 89.5 Å². The lowest BCUT2D eigenvalue weighted by Crippen LogP contribution is -2.35. The maximum absolute atomic E-state index is 11.0. The van der Waals surface area contributed by atoms with Crippen molar-refractivity contribution in [1.29, 1.82) is 0 Å². The molecule has 1 aliphatic heterocycles. The molecule has 1 fully saturated rings. The third-order valence-electron chi connectivity index (χ3n) is 1.79. The van der Waals surface area contributed by atoms with Gasteiger partial charge in [0.25, 0.3) is 0 Å². The van der Waals surface area contributed by atoms with Crippen molar-refractivity contribution < 1.29 is 14.9 Å². The van der Waals surface area contributed by atoms with E-state index in [2.05, 4.69) is 11.8 Å². The van der Waals surface area contributed by atoms with Gasteiger partial charge in [0.15, 0.2) is 5.37 Å².